The predicted molar refractivity (Wildman–Crippen MR) is 98.3 cm³/mol. The first-order chi connectivity index (χ1) is 12.0. The minimum atomic E-state index is -0.394. The van der Waals surface area contributed by atoms with Crippen LogP contribution in [0.5, 0.6) is 0 Å². The molecule has 0 saturated carbocycles. The molecular weight excluding hydrogens is 392 g/mol. The highest BCUT2D eigenvalue weighted by Gasteiger charge is 2.26. The molecule has 25 heavy (non-hydrogen) atoms. The zero-order valence-electron chi connectivity index (χ0n) is 13.2. The van der Waals surface area contributed by atoms with Crippen LogP contribution >= 0.6 is 15.9 Å². The van der Waals surface area contributed by atoms with Crippen LogP contribution in [0.25, 0.3) is 0 Å². The van der Waals surface area contributed by atoms with Crippen LogP contribution in [0.3, 0.4) is 0 Å². The number of nitro groups is 2. The topological polar surface area (TPSA) is 92.8 Å². The first-order valence-corrected chi connectivity index (χ1v) is 8.44. The molecule has 1 aliphatic heterocycles. The fraction of sp³-hybridized carbons (Fsp3) is 0.250. The normalized spacial score (nSPS) is 14.4. The number of hydrogen-bond acceptors (Lipinski definition) is 6. The Balaban J connectivity index is 1.79. The van der Waals surface area contributed by atoms with E-state index in [9.17, 15) is 20.2 Å². The molecule has 2 aromatic rings. The monoisotopic (exact) mass is 406 g/mol. The van der Waals surface area contributed by atoms with Gasteiger partial charge in [-0.15, -0.1) is 0 Å². The van der Waals surface area contributed by atoms with Crippen molar-refractivity contribution < 1.29 is 9.85 Å². The Kier molecular flexibility index (Phi) is 4.84. The molecule has 0 N–H and O–H groups in total. The maximum Gasteiger partial charge on any atom is 0.293 e. The minimum Gasteiger partial charge on any atom is -0.362 e. The average molecular weight is 407 g/mol. The van der Waals surface area contributed by atoms with E-state index in [0.717, 1.165) is 0 Å². The predicted octanol–water partition coefficient (Wildman–Crippen LogP) is 3.59. The second-order valence-corrected chi connectivity index (χ2v) is 6.53. The van der Waals surface area contributed by atoms with Crippen molar-refractivity contribution in [1.82, 2.24) is 0 Å². The SMILES string of the molecule is O=[N+]([O-])c1ccccc1N1CCN(c2ccc(Br)cc2[N+](=O)[O-])CC1. The maximum absolute atomic E-state index is 11.3. The van der Waals surface area contributed by atoms with Crippen LogP contribution in [0.2, 0.25) is 0 Å². The van der Waals surface area contributed by atoms with Crippen molar-refractivity contribution >= 4 is 38.7 Å². The lowest BCUT2D eigenvalue weighted by atomic mass is 10.2. The molecule has 130 valence electrons. The molecule has 1 saturated heterocycles. The number of halogens is 1. The second-order valence-electron chi connectivity index (χ2n) is 5.61. The highest BCUT2D eigenvalue weighted by atomic mass is 79.9. The van der Waals surface area contributed by atoms with E-state index in [-0.39, 0.29) is 16.3 Å². The lowest BCUT2D eigenvalue weighted by molar-refractivity contribution is -0.384. The molecule has 0 amide bonds. The molecule has 0 aromatic heterocycles. The Morgan fingerprint density at radius 3 is 1.88 bits per heavy atom. The van der Waals surface area contributed by atoms with Gasteiger partial charge in [-0.1, -0.05) is 28.1 Å². The van der Waals surface area contributed by atoms with E-state index in [2.05, 4.69) is 15.9 Å². The Morgan fingerprint density at radius 1 is 0.800 bits per heavy atom. The van der Waals surface area contributed by atoms with Crippen molar-refractivity contribution in [2.24, 2.45) is 0 Å². The maximum atomic E-state index is 11.3. The molecule has 0 spiro atoms. The molecule has 3 rings (SSSR count). The second kappa shape index (κ2) is 7.06. The summed E-state index contributed by atoms with van der Waals surface area (Å²) in [6.07, 6.45) is 0. The van der Waals surface area contributed by atoms with Gasteiger partial charge in [-0.3, -0.25) is 20.2 Å². The number of nitrogens with zero attached hydrogens (tertiary/aromatic N) is 4. The molecule has 1 heterocycles. The number of para-hydroxylation sites is 2. The van der Waals surface area contributed by atoms with Crippen molar-refractivity contribution in [3.05, 3.63) is 67.2 Å². The molecule has 0 radical (unpaired) electrons. The van der Waals surface area contributed by atoms with Crippen molar-refractivity contribution in [2.45, 2.75) is 0 Å². The van der Waals surface area contributed by atoms with Gasteiger partial charge < -0.3 is 9.80 Å². The molecule has 0 bridgehead atoms. The van der Waals surface area contributed by atoms with Crippen LogP contribution in [-0.4, -0.2) is 36.0 Å². The van der Waals surface area contributed by atoms with Gasteiger partial charge >= 0.3 is 0 Å². The van der Waals surface area contributed by atoms with Gasteiger partial charge in [0.05, 0.1) is 9.85 Å². The van der Waals surface area contributed by atoms with Gasteiger partial charge in [0.15, 0.2) is 0 Å². The van der Waals surface area contributed by atoms with E-state index >= 15 is 0 Å². The summed E-state index contributed by atoms with van der Waals surface area (Å²) < 4.78 is 0.654. The molecule has 8 nitrogen and oxygen atoms in total. The van der Waals surface area contributed by atoms with Gasteiger partial charge in [-0.05, 0) is 18.2 Å². The first kappa shape index (κ1) is 17.2. The van der Waals surface area contributed by atoms with E-state index in [1.807, 2.05) is 9.80 Å². The Morgan fingerprint density at radius 2 is 1.32 bits per heavy atom. The zero-order valence-corrected chi connectivity index (χ0v) is 14.8. The van der Waals surface area contributed by atoms with Crippen LogP contribution < -0.4 is 9.80 Å². The molecular formula is C16H15BrN4O4. The minimum absolute atomic E-state index is 0.0496. The lowest BCUT2D eigenvalue weighted by Gasteiger charge is -2.36. The lowest BCUT2D eigenvalue weighted by Crippen LogP contribution is -2.46. The fourth-order valence-corrected chi connectivity index (χ4v) is 3.33. The summed E-state index contributed by atoms with van der Waals surface area (Å²) in [6, 6.07) is 11.6. The third-order valence-electron chi connectivity index (χ3n) is 4.17. The Bertz CT molecular complexity index is 822. The number of anilines is 2. The van der Waals surface area contributed by atoms with Crippen LogP contribution in [0.4, 0.5) is 22.7 Å². The third kappa shape index (κ3) is 3.55. The average Bonchev–Trinajstić information content (AvgIpc) is 2.62. The molecule has 0 unspecified atom stereocenters. The highest BCUT2D eigenvalue weighted by Crippen LogP contribution is 2.33. The zero-order chi connectivity index (χ0) is 18.0. The number of nitro benzene ring substituents is 2. The summed E-state index contributed by atoms with van der Waals surface area (Å²) in [5.74, 6) is 0. The first-order valence-electron chi connectivity index (χ1n) is 7.64. The largest absolute Gasteiger partial charge is 0.362 e. The van der Waals surface area contributed by atoms with E-state index in [0.29, 0.717) is 42.0 Å². The van der Waals surface area contributed by atoms with Gasteiger partial charge in [0, 0.05) is 42.8 Å². The van der Waals surface area contributed by atoms with E-state index < -0.39 is 4.92 Å². The number of benzene rings is 2. The van der Waals surface area contributed by atoms with Crippen LogP contribution in [-0.2, 0) is 0 Å². The van der Waals surface area contributed by atoms with Gasteiger partial charge in [0.25, 0.3) is 11.4 Å². The summed E-state index contributed by atoms with van der Waals surface area (Å²) >= 11 is 3.26. The summed E-state index contributed by atoms with van der Waals surface area (Å²) in [5.41, 5.74) is 1.27. The fourth-order valence-electron chi connectivity index (χ4n) is 2.98. The van der Waals surface area contributed by atoms with Crippen molar-refractivity contribution in [1.29, 1.82) is 0 Å². The van der Waals surface area contributed by atoms with E-state index in [4.69, 9.17) is 0 Å². The van der Waals surface area contributed by atoms with Crippen LogP contribution in [0, 0.1) is 20.2 Å². The third-order valence-corrected chi connectivity index (χ3v) is 4.67. The Hall–Kier alpha value is -2.68. The van der Waals surface area contributed by atoms with Gasteiger partial charge in [0.2, 0.25) is 0 Å². The highest BCUT2D eigenvalue weighted by molar-refractivity contribution is 9.10. The standard InChI is InChI=1S/C16H15BrN4O4/c17-12-5-6-14(16(11-12)21(24)25)19-9-7-18(8-10-19)13-3-1-2-4-15(13)20(22)23/h1-6,11H,7-10H2. The summed E-state index contributed by atoms with van der Waals surface area (Å²) in [5, 5.41) is 22.5. The van der Waals surface area contributed by atoms with Crippen molar-refractivity contribution in [3.63, 3.8) is 0 Å². The smallest absolute Gasteiger partial charge is 0.293 e. The number of piperazine rings is 1. The van der Waals surface area contributed by atoms with Gasteiger partial charge in [0.1, 0.15) is 11.4 Å². The van der Waals surface area contributed by atoms with Gasteiger partial charge in [-0.25, -0.2) is 0 Å². The molecule has 0 atom stereocenters. The summed E-state index contributed by atoms with van der Waals surface area (Å²) in [6.45, 7) is 2.21. The molecule has 9 heteroatoms. The van der Waals surface area contributed by atoms with Crippen molar-refractivity contribution in [3.8, 4) is 0 Å². The van der Waals surface area contributed by atoms with Crippen molar-refractivity contribution in [2.75, 3.05) is 36.0 Å². The molecule has 2 aromatic carbocycles. The molecule has 0 aliphatic carbocycles. The molecule has 1 fully saturated rings. The van der Waals surface area contributed by atoms with E-state index in [1.165, 1.54) is 12.1 Å². The summed E-state index contributed by atoms with van der Waals surface area (Å²) in [7, 11) is 0. The van der Waals surface area contributed by atoms with Crippen LogP contribution in [0.15, 0.2) is 46.9 Å². The van der Waals surface area contributed by atoms with E-state index in [1.54, 1.807) is 30.3 Å². The molecule has 1 aliphatic rings. The Labute approximate surface area is 152 Å². The number of rotatable bonds is 4. The summed E-state index contributed by atoms with van der Waals surface area (Å²) in [4.78, 5) is 25.6. The van der Waals surface area contributed by atoms with Gasteiger partial charge in [-0.2, -0.15) is 0 Å². The van der Waals surface area contributed by atoms with Crippen LogP contribution in [0.1, 0.15) is 0 Å². The number of hydrogen-bond donors (Lipinski definition) is 0. The quantitative estimate of drug-likeness (QED) is 0.568.